The summed E-state index contributed by atoms with van der Waals surface area (Å²) in [5.74, 6) is -1.32. The van der Waals surface area contributed by atoms with Crippen LogP contribution in [0, 0.1) is 11.3 Å². The van der Waals surface area contributed by atoms with Crippen LogP contribution in [0.3, 0.4) is 0 Å². The van der Waals surface area contributed by atoms with E-state index in [1.54, 1.807) is 0 Å². The van der Waals surface area contributed by atoms with Crippen LogP contribution in [0.2, 0.25) is 0 Å². The molecule has 0 aliphatic carbocycles. The number of para-hydroxylation sites is 2. The van der Waals surface area contributed by atoms with Crippen molar-refractivity contribution in [2.45, 2.75) is 6.42 Å². The molecular weight excluding hydrogens is 194 g/mol. The number of fused-ring (bicyclic) bond motifs is 1. The Kier molecular flexibility index (Phi) is 3.86. The van der Waals surface area contributed by atoms with Gasteiger partial charge in [-0.25, -0.2) is 9.97 Å². The van der Waals surface area contributed by atoms with Gasteiger partial charge in [0.1, 0.15) is 0 Å². The summed E-state index contributed by atoms with van der Waals surface area (Å²) in [5, 5.41) is 16.8. The number of carbonyl (C=O) groups excluding carboxylic acids is 1. The molecule has 1 heterocycles. The average Bonchev–Trinajstić information content (AvgIpc) is 2.65. The van der Waals surface area contributed by atoms with Crippen molar-refractivity contribution < 1.29 is 14.9 Å². The van der Waals surface area contributed by atoms with E-state index in [2.05, 4.69) is 9.97 Å². The maximum atomic E-state index is 9.27. The third kappa shape index (κ3) is 3.48. The number of aliphatic carboxylic acids is 1. The average molecular weight is 203 g/mol. The van der Waals surface area contributed by atoms with Gasteiger partial charge in [0.05, 0.1) is 18.5 Å². The van der Waals surface area contributed by atoms with E-state index in [1.807, 2.05) is 30.6 Å². The van der Waals surface area contributed by atoms with E-state index in [9.17, 15) is 9.90 Å². The normalized spacial score (nSPS) is 8.73. The first-order chi connectivity index (χ1) is 7.24. The van der Waals surface area contributed by atoms with Gasteiger partial charge in [-0.2, -0.15) is 5.26 Å². The predicted octanol–water partition coefficient (Wildman–Crippen LogP) is -0.368. The highest BCUT2D eigenvalue weighted by Gasteiger charge is 1.95. The number of carboxylic acid groups (broad SMARTS) is 1. The molecule has 0 amide bonds. The van der Waals surface area contributed by atoms with Crippen LogP contribution in [0.4, 0.5) is 0 Å². The molecule has 76 valence electrons. The predicted molar refractivity (Wildman–Crippen MR) is 50.1 cm³/mol. The molecule has 2 N–H and O–H groups in total. The number of imidazole rings is 1. The topological polar surface area (TPSA) is 93.8 Å². The number of nitrogens with zero attached hydrogens (tertiary/aromatic N) is 1. The fourth-order valence-electron chi connectivity index (χ4n) is 0.991. The molecule has 0 atom stereocenters. The summed E-state index contributed by atoms with van der Waals surface area (Å²) in [6.07, 6.45) is 1.31. The van der Waals surface area contributed by atoms with Crippen molar-refractivity contribution in [3.63, 3.8) is 0 Å². The third-order valence-electron chi connectivity index (χ3n) is 1.61. The minimum atomic E-state index is -1.32. The van der Waals surface area contributed by atoms with Gasteiger partial charge < -0.3 is 9.90 Å². The van der Waals surface area contributed by atoms with Crippen LogP contribution in [0.1, 0.15) is 6.42 Å². The van der Waals surface area contributed by atoms with E-state index in [1.165, 1.54) is 6.07 Å². The maximum Gasteiger partial charge on any atom is 0.240 e. The number of benzene rings is 1. The lowest BCUT2D eigenvalue weighted by Gasteiger charge is -1.85. The first kappa shape index (κ1) is 10.7. The SMILES string of the molecule is N#CCC(=O)[O-].c1ccc2[nH+]c[nH]c2c1. The fourth-order valence-corrected chi connectivity index (χ4v) is 0.991. The summed E-state index contributed by atoms with van der Waals surface area (Å²) in [7, 11) is 0. The largest absolute Gasteiger partial charge is 0.549 e. The monoisotopic (exact) mass is 203 g/mol. The molecule has 2 aromatic rings. The van der Waals surface area contributed by atoms with E-state index >= 15 is 0 Å². The van der Waals surface area contributed by atoms with Gasteiger partial charge in [0.25, 0.3) is 0 Å². The molecule has 0 radical (unpaired) electrons. The van der Waals surface area contributed by atoms with Crippen LogP contribution < -0.4 is 10.1 Å². The Hall–Kier alpha value is -2.35. The van der Waals surface area contributed by atoms with Crippen molar-refractivity contribution in [1.82, 2.24) is 4.98 Å². The molecule has 0 fully saturated rings. The summed E-state index contributed by atoms with van der Waals surface area (Å²) >= 11 is 0. The molecule has 2 rings (SSSR count). The number of nitriles is 1. The molecular formula is C10H9N3O2. The zero-order valence-electron chi connectivity index (χ0n) is 7.86. The van der Waals surface area contributed by atoms with Gasteiger partial charge in [-0.15, -0.1) is 0 Å². The van der Waals surface area contributed by atoms with Crippen molar-refractivity contribution in [3.05, 3.63) is 30.6 Å². The highest BCUT2D eigenvalue weighted by Crippen LogP contribution is 2.01. The molecule has 5 nitrogen and oxygen atoms in total. The number of hydrogen-bond donors (Lipinski definition) is 1. The smallest absolute Gasteiger partial charge is 0.240 e. The molecule has 0 unspecified atom stereocenters. The van der Waals surface area contributed by atoms with Crippen LogP contribution in [0.15, 0.2) is 30.6 Å². The molecule has 15 heavy (non-hydrogen) atoms. The van der Waals surface area contributed by atoms with Crippen LogP contribution in [-0.2, 0) is 4.79 Å². The van der Waals surface area contributed by atoms with Gasteiger partial charge in [0.15, 0.2) is 11.0 Å². The lowest BCUT2D eigenvalue weighted by Crippen LogP contribution is -2.20. The molecule has 1 aromatic heterocycles. The Bertz CT molecular complexity index is 454. The molecule has 0 spiro atoms. The molecule has 0 aliphatic heterocycles. The molecule has 0 bridgehead atoms. The molecule has 0 saturated heterocycles. The van der Waals surface area contributed by atoms with Gasteiger partial charge in [-0.3, -0.25) is 0 Å². The standard InChI is InChI=1S/C7H6N2.C3H3NO2/c1-2-4-7-6(3-1)8-5-9-7;4-2-1-3(5)6/h1-5H,(H,8,9);1H2,(H,5,6). The van der Waals surface area contributed by atoms with Crippen LogP contribution in [0.5, 0.6) is 0 Å². The minimum absolute atomic E-state index is 0.514. The minimum Gasteiger partial charge on any atom is -0.549 e. The number of aromatic nitrogens is 2. The summed E-state index contributed by atoms with van der Waals surface area (Å²) in [6, 6.07) is 9.49. The number of aromatic amines is 2. The second kappa shape index (κ2) is 5.40. The number of rotatable bonds is 1. The quantitative estimate of drug-likeness (QED) is 0.685. The first-order valence-corrected chi connectivity index (χ1v) is 4.24. The van der Waals surface area contributed by atoms with Crippen molar-refractivity contribution >= 4 is 17.0 Å². The van der Waals surface area contributed by atoms with E-state index in [4.69, 9.17) is 5.26 Å². The number of nitrogens with one attached hydrogen (secondary N) is 2. The lowest BCUT2D eigenvalue weighted by atomic mass is 10.3. The third-order valence-corrected chi connectivity index (χ3v) is 1.61. The summed E-state index contributed by atoms with van der Waals surface area (Å²) in [4.78, 5) is 15.4. The van der Waals surface area contributed by atoms with Gasteiger partial charge in [0.2, 0.25) is 6.33 Å². The van der Waals surface area contributed by atoms with Crippen LogP contribution in [-0.4, -0.2) is 11.0 Å². The van der Waals surface area contributed by atoms with Crippen LogP contribution >= 0.6 is 0 Å². The summed E-state index contributed by atoms with van der Waals surface area (Å²) < 4.78 is 0. The second-order valence-corrected chi connectivity index (χ2v) is 2.69. The zero-order valence-corrected chi connectivity index (χ0v) is 7.86. The maximum absolute atomic E-state index is 9.27. The van der Waals surface area contributed by atoms with Crippen molar-refractivity contribution in [1.29, 1.82) is 5.26 Å². The highest BCUT2D eigenvalue weighted by molar-refractivity contribution is 5.69. The summed E-state index contributed by atoms with van der Waals surface area (Å²) in [6.45, 7) is 0. The Balaban J connectivity index is 0.000000167. The van der Waals surface area contributed by atoms with Crippen molar-refractivity contribution in [2.75, 3.05) is 0 Å². The van der Waals surface area contributed by atoms with E-state index in [0.717, 1.165) is 11.0 Å². The van der Waals surface area contributed by atoms with E-state index in [-0.39, 0.29) is 0 Å². The molecule has 1 aromatic carbocycles. The fraction of sp³-hybridized carbons (Fsp3) is 0.100. The number of carbonyl (C=O) groups is 1. The van der Waals surface area contributed by atoms with Gasteiger partial charge in [0, 0.05) is 0 Å². The van der Waals surface area contributed by atoms with Gasteiger partial charge in [-0.1, -0.05) is 12.1 Å². The number of H-pyrrole nitrogens is 2. The van der Waals surface area contributed by atoms with E-state index < -0.39 is 12.4 Å². The lowest BCUT2D eigenvalue weighted by molar-refractivity contribution is -0.344. The number of carboxylic acids is 1. The van der Waals surface area contributed by atoms with E-state index in [0.29, 0.717) is 0 Å². The van der Waals surface area contributed by atoms with Gasteiger partial charge in [-0.05, 0) is 12.1 Å². The number of hydrogen-bond acceptors (Lipinski definition) is 3. The molecule has 5 heteroatoms. The Morgan fingerprint density at radius 1 is 1.53 bits per heavy atom. The zero-order chi connectivity index (χ0) is 11.1. The Morgan fingerprint density at radius 2 is 2.27 bits per heavy atom. The molecule has 0 saturated carbocycles. The highest BCUT2D eigenvalue weighted by atomic mass is 16.4. The second-order valence-electron chi connectivity index (χ2n) is 2.69. The van der Waals surface area contributed by atoms with Crippen LogP contribution in [0.25, 0.3) is 11.0 Å². The Labute approximate surface area is 86.0 Å². The van der Waals surface area contributed by atoms with Crippen molar-refractivity contribution in [2.24, 2.45) is 0 Å². The van der Waals surface area contributed by atoms with Crippen molar-refractivity contribution in [3.8, 4) is 6.07 Å². The van der Waals surface area contributed by atoms with Gasteiger partial charge >= 0.3 is 0 Å². The summed E-state index contributed by atoms with van der Waals surface area (Å²) in [5.41, 5.74) is 2.30. The Morgan fingerprint density at radius 3 is 2.80 bits per heavy atom. The first-order valence-electron chi connectivity index (χ1n) is 4.24. The molecule has 0 aliphatic rings.